The molecule has 0 spiro atoms. The van der Waals surface area contributed by atoms with E-state index in [0.29, 0.717) is 37.0 Å². The number of carbonyl (C=O) groups excluding carboxylic acids is 1. The lowest BCUT2D eigenvalue weighted by molar-refractivity contribution is -0.126. The first kappa shape index (κ1) is 15.6. The van der Waals surface area contributed by atoms with Crippen LogP contribution in [0.4, 0.5) is 5.82 Å². The van der Waals surface area contributed by atoms with Crippen LogP contribution in [0.25, 0.3) is 0 Å². The fraction of sp³-hybridized carbons (Fsp3) is 0.312. The Kier molecular flexibility index (Phi) is 4.92. The molecule has 0 radical (unpaired) electrons. The first-order valence-corrected chi connectivity index (χ1v) is 7.79. The largest absolute Gasteiger partial charge is 0.492 e. The summed E-state index contributed by atoms with van der Waals surface area (Å²) in [6, 6.07) is 5.49. The van der Waals surface area contributed by atoms with Crippen molar-refractivity contribution >= 4 is 23.3 Å². The minimum atomic E-state index is -0.197. The summed E-state index contributed by atoms with van der Waals surface area (Å²) < 4.78 is 5.63. The highest BCUT2D eigenvalue weighted by Gasteiger charge is 2.25. The highest BCUT2D eigenvalue weighted by molar-refractivity contribution is 6.30. The van der Waals surface area contributed by atoms with Gasteiger partial charge < -0.3 is 15.4 Å². The molecule has 7 heteroatoms. The van der Waals surface area contributed by atoms with Gasteiger partial charge in [-0.2, -0.15) is 0 Å². The third-order valence-electron chi connectivity index (χ3n) is 3.59. The predicted octanol–water partition coefficient (Wildman–Crippen LogP) is 1.91. The van der Waals surface area contributed by atoms with E-state index in [1.165, 1.54) is 0 Å². The number of nitrogens with one attached hydrogen (secondary N) is 2. The van der Waals surface area contributed by atoms with E-state index < -0.39 is 0 Å². The number of fused-ring (bicyclic) bond motifs is 1. The van der Waals surface area contributed by atoms with Gasteiger partial charge >= 0.3 is 0 Å². The van der Waals surface area contributed by atoms with Crippen LogP contribution in [0.15, 0.2) is 36.8 Å². The molecule has 2 N–H and O–H groups in total. The first-order chi connectivity index (χ1) is 11.2. The molecular weight excluding hydrogens is 316 g/mol. The lowest BCUT2D eigenvalue weighted by atomic mass is 9.96. The molecule has 1 aliphatic rings. The SMILES string of the molecule is O=C(NCCNc1cnccn1)C1COc2ccc(Cl)cc2C1. The molecule has 2 aromatic rings. The van der Waals surface area contributed by atoms with Crippen molar-refractivity contribution in [1.29, 1.82) is 0 Å². The monoisotopic (exact) mass is 332 g/mol. The number of nitrogens with zero attached hydrogens (tertiary/aromatic N) is 2. The number of rotatable bonds is 5. The number of carbonyl (C=O) groups is 1. The second-order valence-corrected chi connectivity index (χ2v) is 5.71. The van der Waals surface area contributed by atoms with Crippen molar-refractivity contribution in [2.24, 2.45) is 5.92 Å². The summed E-state index contributed by atoms with van der Waals surface area (Å²) >= 11 is 5.99. The maximum atomic E-state index is 12.2. The molecule has 1 aliphatic heterocycles. The number of aromatic nitrogens is 2. The lowest BCUT2D eigenvalue weighted by Gasteiger charge is -2.24. The van der Waals surface area contributed by atoms with Crippen LogP contribution in [-0.4, -0.2) is 35.6 Å². The van der Waals surface area contributed by atoms with Gasteiger partial charge in [0.15, 0.2) is 0 Å². The van der Waals surface area contributed by atoms with Gasteiger partial charge in [0, 0.05) is 30.5 Å². The molecule has 1 aromatic carbocycles. The van der Waals surface area contributed by atoms with Crippen LogP contribution in [0.3, 0.4) is 0 Å². The van der Waals surface area contributed by atoms with Gasteiger partial charge in [-0.15, -0.1) is 0 Å². The third kappa shape index (κ3) is 4.10. The van der Waals surface area contributed by atoms with E-state index in [1.54, 1.807) is 24.7 Å². The van der Waals surface area contributed by atoms with E-state index in [4.69, 9.17) is 16.3 Å². The molecule has 6 nitrogen and oxygen atoms in total. The number of halogens is 1. The Hall–Kier alpha value is -2.34. The summed E-state index contributed by atoms with van der Waals surface area (Å²) in [7, 11) is 0. The molecule has 3 rings (SSSR count). The minimum absolute atomic E-state index is 0.0171. The van der Waals surface area contributed by atoms with Gasteiger partial charge in [0.05, 0.1) is 12.1 Å². The lowest BCUT2D eigenvalue weighted by Crippen LogP contribution is -2.39. The molecule has 23 heavy (non-hydrogen) atoms. The van der Waals surface area contributed by atoms with Crippen molar-refractivity contribution in [3.63, 3.8) is 0 Å². The fourth-order valence-electron chi connectivity index (χ4n) is 2.44. The molecule has 0 bridgehead atoms. The Balaban J connectivity index is 1.46. The van der Waals surface area contributed by atoms with Crippen LogP contribution in [0.2, 0.25) is 5.02 Å². The van der Waals surface area contributed by atoms with Gasteiger partial charge in [-0.25, -0.2) is 4.98 Å². The molecule has 0 fully saturated rings. The number of hydrogen-bond acceptors (Lipinski definition) is 5. The van der Waals surface area contributed by atoms with Gasteiger partial charge in [0.2, 0.25) is 5.91 Å². The smallest absolute Gasteiger partial charge is 0.226 e. The topological polar surface area (TPSA) is 76.1 Å². The number of ether oxygens (including phenoxy) is 1. The zero-order valence-electron chi connectivity index (χ0n) is 12.5. The molecular formula is C16H17ClN4O2. The summed E-state index contributed by atoms with van der Waals surface area (Å²) in [6.07, 6.45) is 5.50. The normalized spacial score (nSPS) is 16.1. The van der Waals surface area contributed by atoms with E-state index in [-0.39, 0.29) is 11.8 Å². The van der Waals surface area contributed by atoms with Crippen LogP contribution in [0, 0.1) is 5.92 Å². The maximum absolute atomic E-state index is 12.2. The molecule has 0 saturated carbocycles. The molecule has 2 heterocycles. The van der Waals surface area contributed by atoms with Gasteiger partial charge in [-0.3, -0.25) is 9.78 Å². The van der Waals surface area contributed by atoms with Crippen LogP contribution in [0.5, 0.6) is 5.75 Å². The van der Waals surface area contributed by atoms with E-state index in [2.05, 4.69) is 20.6 Å². The second kappa shape index (κ2) is 7.28. The summed E-state index contributed by atoms with van der Waals surface area (Å²) in [5.41, 5.74) is 0.974. The van der Waals surface area contributed by atoms with Gasteiger partial charge in [-0.05, 0) is 30.2 Å². The Morgan fingerprint density at radius 2 is 2.26 bits per heavy atom. The Morgan fingerprint density at radius 1 is 1.35 bits per heavy atom. The number of amides is 1. The second-order valence-electron chi connectivity index (χ2n) is 5.27. The summed E-state index contributed by atoms with van der Waals surface area (Å²) in [4.78, 5) is 20.3. The van der Waals surface area contributed by atoms with Crippen molar-refractivity contribution in [2.45, 2.75) is 6.42 Å². The summed E-state index contributed by atoms with van der Waals surface area (Å²) in [6.45, 7) is 1.48. The van der Waals surface area contributed by atoms with Crippen LogP contribution < -0.4 is 15.4 Å². The number of anilines is 1. The van der Waals surface area contributed by atoms with Crippen LogP contribution in [0.1, 0.15) is 5.56 Å². The number of hydrogen-bond donors (Lipinski definition) is 2. The van der Waals surface area contributed by atoms with Crippen molar-refractivity contribution in [2.75, 3.05) is 25.0 Å². The molecule has 1 amide bonds. The Morgan fingerprint density at radius 3 is 3.09 bits per heavy atom. The minimum Gasteiger partial charge on any atom is -0.492 e. The molecule has 1 aromatic heterocycles. The van der Waals surface area contributed by atoms with Crippen molar-refractivity contribution in [1.82, 2.24) is 15.3 Å². The molecule has 1 atom stereocenters. The van der Waals surface area contributed by atoms with Crippen molar-refractivity contribution in [3.05, 3.63) is 47.4 Å². The average molecular weight is 333 g/mol. The van der Waals surface area contributed by atoms with E-state index in [0.717, 1.165) is 11.3 Å². The highest BCUT2D eigenvalue weighted by Crippen LogP contribution is 2.29. The zero-order valence-corrected chi connectivity index (χ0v) is 13.2. The number of benzene rings is 1. The van der Waals surface area contributed by atoms with Crippen molar-refractivity contribution < 1.29 is 9.53 Å². The Labute approximate surface area is 139 Å². The zero-order chi connectivity index (χ0) is 16.1. The molecule has 0 saturated heterocycles. The van der Waals surface area contributed by atoms with Gasteiger partial charge in [0.25, 0.3) is 0 Å². The third-order valence-corrected chi connectivity index (χ3v) is 3.83. The molecule has 120 valence electrons. The molecule has 1 unspecified atom stereocenters. The quantitative estimate of drug-likeness (QED) is 0.818. The van der Waals surface area contributed by atoms with Gasteiger partial charge in [0.1, 0.15) is 18.2 Å². The van der Waals surface area contributed by atoms with Crippen LogP contribution in [-0.2, 0) is 11.2 Å². The fourth-order valence-corrected chi connectivity index (χ4v) is 2.64. The average Bonchev–Trinajstić information content (AvgIpc) is 2.58. The Bertz CT molecular complexity index is 681. The van der Waals surface area contributed by atoms with Crippen molar-refractivity contribution in [3.8, 4) is 5.75 Å². The van der Waals surface area contributed by atoms with E-state index >= 15 is 0 Å². The molecule has 0 aliphatic carbocycles. The van der Waals surface area contributed by atoms with E-state index in [1.807, 2.05) is 12.1 Å². The standard InChI is InChI=1S/C16H17ClN4O2/c17-13-1-2-14-11(8-13)7-12(10-23-14)16(22)21-6-5-20-15-9-18-3-4-19-15/h1-4,8-9,12H,5-7,10H2,(H,19,20)(H,21,22). The van der Waals surface area contributed by atoms with Gasteiger partial charge in [-0.1, -0.05) is 11.6 Å². The highest BCUT2D eigenvalue weighted by atomic mass is 35.5. The summed E-state index contributed by atoms with van der Waals surface area (Å²) in [5, 5.41) is 6.65. The van der Waals surface area contributed by atoms with Crippen LogP contribution >= 0.6 is 11.6 Å². The summed E-state index contributed by atoms with van der Waals surface area (Å²) in [5.74, 6) is 1.28. The maximum Gasteiger partial charge on any atom is 0.226 e. The predicted molar refractivity (Wildman–Crippen MR) is 87.7 cm³/mol. The first-order valence-electron chi connectivity index (χ1n) is 7.41. The van der Waals surface area contributed by atoms with E-state index in [9.17, 15) is 4.79 Å².